The van der Waals surface area contributed by atoms with Gasteiger partial charge in [-0.25, -0.2) is 8.42 Å². The van der Waals surface area contributed by atoms with Gasteiger partial charge in [0, 0.05) is 18.8 Å². The number of carboxylic acid groups (broad SMARTS) is 1. The Balaban J connectivity index is 2.36. The Kier molecular flexibility index (Phi) is 5.63. The van der Waals surface area contributed by atoms with Gasteiger partial charge in [0.25, 0.3) is 0 Å². The maximum atomic E-state index is 11.8. The van der Waals surface area contributed by atoms with Gasteiger partial charge in [-0.15, -0.1) is 11.8 Å². The van der Waals surface area contributed by atoms with Crippen LogP contribution in [0.25, 0.3) is 0 Å². The molecular weight excluding hydrogens is 292 g/mol. The van der Waals surface area contributed by atoms with E-state index in [2.05, 4.69) is 0 Å². The summed E-state index contributed by atoms with van der Waals surface area (Å²) >= 11 is 1.14. The second kappa shape index (κ2) is 6.58. The molecule has 0 aliphatic carbocycles. The van der Waals surface area contributed by atoms with Crippen molar-refractivity contribution in [2.45, 2.75) is 18.5 Å². The lowest BCUT2D eigenvalue weighted by Gasteiger charge is -2.23. The van der Waals surface area contributed by atoms with Gasteiger partial charge >= 0.3 is 5.97 Å². The normalized spacial score (nSPS) is 22.9. The molecule has 0 aromatic rings. The van der Waals surface area contributed by atoms with E-state index in [1.165, 1.54) is 4.90 Å². The molecule has 2 unspecified atom stereocenters. The molecule has 9 heteroatoms. The summed E-state index contributed by atoms with van der Waals surface area (Å²) in [7, 11) is -1.44. The highest BCUT2D eigenvalue weighted by molar-refractivity contribution is 8.00. The van der Waals surface area contributed by atoms with Crippen molar-refractivity contribution >= 4 is 33.5 Å². The summed E-state index contributed by atoms with van der Waals surface area (Å²) in [5.41, 5.74) is 5.31. The van der Waals surface area contributed by atoms with Crippen LogP contribution in [0.3, 0.4) is 0 Å². The Bertz CT molecular complexity index is 451. The summed E-state index contributed by atoms with van der Waals surface area (Å²) in [6.07, 6.45) is 0.462. The molecule has 1 fully saturated rings. The molecule has 0 aromatic carbocycles. The SMILES string of the molecule is CN(C(=O)CSCC(N)C(=O)O)C1CCS(=O)(=O)C1. The molecule has 19 heavy (non-hydrogen) atoms. The van der Waals surface area contributed by atoms with E-state index in [9.17, 15) is 18.0 Å². The topological polar surface area (TPSA) is 118 Å². The Hall–Kier alpha value is -0.800. The Labute approximate surface area is 116 Å². The first-order valence-electron chi connectivity index (χ1n) is 5.75. The molecule has 0 spiro atoms. The smallest absolute Gasteiger partial charge is 0.321 e. The van der Waals surface area contributed by atoms with Gasteiger partial charge in [0.05, 0.1) is 17.3 Å². The van der Waals surface area contributed by atoms with Crippen LogP contribution in [0.4, 0.5) is 0 Å². The first-order chi connectivity index (χ1) is 8.73. The number of aliphatic carboxylic acids is 1. The number of nitrogens with zero attached hydrogens (tertiary/aromatic N) is 1. The number of hydrogen-bond acceptors (Lipinski definition) is 6. The summed E-state index contributed by atoms with van der Waals surface area (Å²) < 4.78 is 22.6. The van der Waals surface area contributed by atoms with E-state index in [0.29, 0.717) is 6.42 Å². The van der Waals surface area contributed by atoms with Crippen molar-refractivity contribution in [2.24, 2.45) is 5.73 Å². The third kappa shape index (κ3) is 5.00. The predicted molar refractivity (Wildman–Crippen MR) is 72.8 cm³/mol. The van der Waals surface area contributed by atoms with Crippen LogP contribution < -0.4 is 5.73 Å². The van der Waals surface area contributed by atoms with Crippen LogP contribution in [0.15, 0.2) is 0 Å². The Morgan fingerprint density at radius 2 is 2.16 bits per heavy atom. The van der Waals surface area contributed by atoms with Crippen molar-refractivity contribution in [1.29, 1.82) is 0 Å². The maximum absolute atomic E-state index is 11.8. The number of rotatable bonds is 6. The van der Waals surface area contributed by atoms with E-state index in [4.69, 9.17) is 10.8 Å². The van der Waals surface area contributed by atoms with Crippen LogP contribution in [0.2, 0.25) is 0 Å². The number of nitrogens with two attached hydrogens (primary N) is 1. The van der Waals surface area contributed by atoms with Gasteiger partial charge in [0.1, 0.15) is 6.04 Å². The first-order valence-corrected chi connectivity index (χ1v) is 8.73. The average molecular weight is 310 g/mol. The minimum atomic E-state index is -3.02. The third-order valence-electron chi connectivity index (χ3n) is 2.99. The van der Waals surface area contributed by atoms with E-state index in [1.54, 1.807) is 7.05 Å². The highest BCUT2D eigenvalue weighted by Gasteiger charge is 2.32. The minimum absolute atomic E-state index is 0.00848. The van der Waals surface area contributed by atoms with E-state index < -0.39 is 21.8 Å². The van der Waals surface area contributed by atoms with Crippen LogP contribution in [0.5, 0.6) is 0 Å². The lowest BCUT2D eigenvalue weighted by molar-refractivity contribution is -0.138. The maximum Gasteiger partial charge on any atom is 0.321 e. The van der Waals surface area contributed by atoms with Crippen molar-refractivity contribution in [2.75, 3.05) is 30.1 Å². The highest BCUT2D eigenvalue weighted by atomic mass is 32.2. The van der Waals surface area contributed by atoms with E-state index >= 15 is 0 Å². The van der Waals surface area contributed by atoms with Crippen molar-refractivity contribution in [1.82, 2.24) is 4.90 Å². The number of sulfone groups is 1. The molecular formula is C10H18N2O5S2. The molecule has 3 N–H and O–H groups in total. The molecule has 1 heterocycles. The zero-order chi connectivity index (χ0) is 14.6. The molecule has 1 rings (SSSR count). The number of hydrogen-bond donors (Lipinski definition) is 2. The van der Waals surface area contributed by atoms with Crippen molar-refractivity contribution in [3.8, 4) is 0 Å². The number of thioether (sulfide) groups is 1. The molecule has 0 bridgehead atoms. The molecule has 7 nitrogen and oxygen atoms in total. The third-order valence-corrected chi connectivity index (χ3v) is 5.79. The molecule has 1 aliphatic heterocycles. The van der Waals surface area contributed by atoms with Crippen LogP contribution in [-0.4, -0.2) is 72.4 Å². The molecule has 0 aromatic heterocycles. The molecule has 1 aliphatic rings. The largest absolute Gasteiger partial charge is 0.480 e. The fraction of sp³-hybridized carbons (Fsp3) is 0.800. The lowest BCUT2D eigenvalue weighted by Crippen LogP contribution is -2.39. The summed E-state index contributed by atoms with van der Waals surface area (Å²) in [5, 5.41) is 8.59. The van der Waals surface area contributed by atoms with Crippen LogP contribution in [-0.2, 0) is 19.4 Å². The van der Waals surface area contributed by atoms with E-state index in [1.807, 2.05) is 0 Å². The average Bonchev–Trinajstić information content (AvgIpc) is 2.68. The van der Waals surface area contributed by atoms with Gasteiger partial charge in [-0.2, -0.15) is 0 Å². The quantitative estimate of drug-likeness (QED) is 0.631. The highest BCUT2D eigenvalue weighted by Crippen LogP contribution is 2.17. The van der Waals surface area contributed by atoms with Gasteiger partial charge in [0.15, 0.2) is 9.84 Å². The number of carbonyl (C=O) groups is 2. The number of carbonyl (C=O) groups excluding carboxylic acids is 1. The molecule has 2 atom stereocenters. The van der Waals surface area contributed by atoms with E-state index in [0.717, 1.165) is 11.8 Å². The zero-order valence-corrected chi connectivity index (χ0v) is 12.2. The van der Waals surface area contributed by atoms with Gasteiger partial charge in [-0.3, -0.25) is 9.59 Å². The molecule has 1 amide bonds. The monoisotopic (exact) mass is 310 g/mol. The molecule has 110 valence electrons. The summed E-state index contributed by atoms with van der Waals surface area (Å²) in [4.78, 5) is 23.7. The second-order valence-corrected chi connectivity index (χ2v) is 7.78. The van der Waals surface area contributed by atoms with Crippen LogP contribution in [0.1, 0.15) is 6.42 Å². The fourth-order valence-electron chi connectivity index (χ4n) is 1.73. The van der Waals surface area contributed by atoms with Gasteiger partial charge < -0.3 is 15.7 Å². The Morgan fingerprint density at radius 1 is 1.53 bits per heavy atom. The molecule has 1 saturated heterocycles. The standard InChI is InChI=1S/C10H18N2O5S2/c1-12(7-2-3-19(16,17)6-7)9(13)5-18-4-8(11)10(14)15/h7-8H,2-6,11H2,1H3,(H,14,15). The zero-order valence-electron chi connectivity index (χ0n) is 10.6. The predicted octanol–water partition coefficient (Wildman–Crippen LogP) is -1.22. The van der Waals surface area contributed by atoms with E-state index in [-0.39, 0.29) is 35.0 Å². The first kappa shape index (κ1) is 16.3. The summed E-state index contributed by atoms with van der Waals surface area (Å²) in [6, 6.07) is -1.26. The molecule has 0 radical (unpaired) electrons. The second-order valence-electron chi connectivity index (χ2n) is 4.52. The van der Waals surface area contributed by atoms with Crippen LogP contribution >= 0.6 is 11.8 Å². The summed E-state index contributed by atoms with van der Waals surface area (Å²) in [5.74, 6) is -0.924. The van der Waals surface area contributed by atoms with Crippen LogP contribution in [0, 0.1) is 0 Å². The summed E-state index contributed by atoms with van der Waals surface area (Å²) in [6.45, 7) is 0. The van der Waals surface area contributed by atoms with Gasteiger partial charge in [-0.1, -0.05) is 0 Å². The van der Waals surface area contributed by atoms with Crippen molar-refractivity contribution < 1.29 is 23.1 Å². The number of amides is 1. The van der Waals surface area contributed by atoms with Crippen molar-refractivity contribution in [3.05, 3.63) is 0 Å². The lowest BCUT2D eigenvalue weighted by atomic mass is 10.2. The fourth-order valence-corrected chi connectivity index (χ4v) is 4.40. The van der Waals surface area contributed by atoms with Crippen molar-refractivity contribution in [3.63, 3.8) is 0 Å². The Morgan fingerprint density at radius 3 is 2.63 bits per heavy atom. The molecule has 0 saturated carbocycles. The minimum Gasteiger partial charge on any atom is -0.480 e. The number of carboxylic acids is 1. The van der Waals surface area contributed by atoms with Gasteiger partial charge in [0.2, 0.25) is 5.91 Å². The van der Waals surface area contributed by atoms with Gasteiger partial charge in [-0.05, 0) is 6.42 Å².